The average molecular weight is 330 g/mol. The van der Waals surface area contributed by atoms with Crippen molar-refractivity contribution in [2.24, 2.45) is 11.0 Å². The van der Waals surface area contributed by atoms with E-state index < -0.39 is 7.59 Å². The monoisotopic (exact) mass is 330 g/mol. The van der Waals surface area contributed by atoms with Crippen LogP contribution in [0.1, 0.15) is 11.9 Å². The molecule has 1 aromatic heterocycles. The Morgan fingerprint density at radius 3 is 2.95 bits per heavy atom. The van der Waals surface area contributed by atoms with E-state index in [9.17, 15) is 4.57 Å². The van der Waals surface area contributed by atoms with E-state index in [0.29, 0.717) is 18.0 Å². The average Bonchev–Trinajstić information content (AvgIpc) is 2.67. The van der Waals surface area contributed by atoms with E-state index in [1.807, 2.05) is 25.1 Å². The number of ether oxygens (including phenoxy) is 1. The molecule has 2 rings (SSSR count). The predicted octanol–water partition coefficient (Wildman–Crippen LogP) is 2.18. The normalized spacial score (nSPS) is 11.6. The summed E-state index contributed by atoms with van der Waals surface area (Å²) in [6.07, 6.45) is 0.358. The molecule has 0 atom stereocenters. The van der Waals surface area contributed by atoms with Gasteiger partial charge in [-0.15, -0.1) is 11.3 Å². The van der Waals surface area contributed by atoms with Gasteiger partial charge < -0.3 is 9.82 Å². The fourth-order valence-corrected chi connectivity index (χ4v) is 3.74. The van der Waals surface area contributed by atoms with Gasteiger partial charge in [0.05, 0.1) is 28.2 Å². The third-order valence-corrected chi connectivity index (χ3v) is 4.38. The van der Waals surface area contributed by atoms with Gasteiger partial charge in [0.15, 0.2) is 0 Å². The first-order chi connectivity index (χ1) is 9.37. The quantitative estimate of drug-likeness (QED) is 0.570. The van der Waals surface area contributed by atoms with Gasteiger partial charge in [-0.05, 0) is 19.1 Å². The zero-order chi connectivity index (χ0) is 14.8. The van der Waals surface area contributed by atoms with Crippen LogP contribution in [0.25, 0.3) is 10.2 Å². The molecule has 0 unspecified atom stereocenters. The molecule has 1 aromatic carbocycles. The molecule has 0 amide bonds. The molecule has 0 fully saturated rings. The first-order valence-corrected chi connectivity index (χ1v) is 8.95. The Labute approximate surface area is 126 Å². The third kappa shape index (κ3) is 4.22. The second kappa shape index (κ2) is 6.15. The van der Waals surface area contributed by atoms with Gasteiger partial charge in [-0.3, -0.25) is 15.6 Å². The molecule has 1 heterocycles. The lowest BCUT2D eigenvalue weighted by Gasteiger charge is -2.09. The fourth-order valence-electron chi connectivity index (χ4n) is 1.66. The van der Waals surface area contributed by atoms with Gasteiger partial charge in [-0.1, -0.05) is 12.2 Å². The molecule has 0 aliphatic rings. The maximum Gasteiger partial charge on any atom is 0.298 e. The predicted molar refractivity (Wildman–Crippen MR) is 86.2 cm³/mol. The number of rotatable bonds is 5. The minimum atomic E-state index is -3.34. The molecule has 0 saturated heterocycles. The maximum absolute atomic E-state index is 11.2. The highest BCUT2D eigenvalue weighted by Crippen LogP contribution is 2.27. The van der Waals surface area contributed by atoms with Crippen LogP contribution in [-0.2, 0) is 11.0 Å². The van der Waals surface area contributed by atoms with Crippen LogP contribution >= 0.6 is 31.1 Å². The van der Waals surface area contributed by atoms with E-state index in [1.54, 1.807) is 0 Å². The van der Waals surface area contributed by atoms with Crippen molar-refractivity contribution in [1.29, 1.82) is 0 Å². The molecule has 20 heavy (non-hydrogen) atoms. The van der Waals surface area contributed by atoms with Gasteiger partial charge in [0.25, 0.3) is 7.59 Å². The number of thiazole rings is 1. The molecule has 9 heteroatoms. The Kier molecular flexibility index (Phi) is 4.72. The molecule has 0 spiro atoms. The molecule has 6 nitrogen and oxygen atoms in total. The highest BCUT2D eigenvalue weighted by Gasteiger charge is 2.12. The SMILES string of the molecule is CCOc1ccc2sc(CC(=S)NP(N)(N)=O)nc2c1. The van der Waals surface area contributed by atoms with Crippen molar-refractivity contribution in [3.63, 3.8) is 0 Å². The molecule has 0 aliphatic carbocycles. The second-order valence-electron chi connectivity index (χ2n) is 4.09. The van der Waals surface area contributed by atoms with Crippen LogP contribution in [0, 0.1) is 0 Å². The molecule has 0 saturated carbocycles. The van der Waals surface area contributed by atoms with Gasteiger partial charge in [0.1, 0.15) is 10.8 Å². The second-order valence-corrected chi connectivity index (χ2v) is 7.34. The number of nitrogens with one attached hydrogen (secondary N) is 1. The van der Waals surface area contributed by atoms with Crippen LogP contribution in [0.5, 0.6) is 5.75 Å². The molecular weight excluding hydrogens is 315 g/mol. The Hall–Kier alpha value is -1.05. The molecule has 5 N–H and O–H groups in total. The summed E-state index contributed by atoms with van der Waals surface area (Å²) in [7, 11) is -3.34. The number of hydrogen-bond acceptors (Lipinski definition) is 5. The summed E-state index contributed by atoms with van der Waals surface area (Å²) in [5, 5.41) is 3.23. The van der Waals surface area contributed by atoms with E-state index in [1.165, 1.54) is 11.3 Å². The van der Waals surface area contributed by atoms with Crippen molar-refractivity contribution in [2.75, 3.05) is 6.61 Å². The number of aromatic nitrogens is 1. The van der Waals surface area contributed by atoms with Gasteiger partial charge in [0, 0.05) is 6.07 Å². The van der Waals surface area contributed by atoms with Crippen molar-refractivity contribution in [3.8, 4) is 5.75 Å². The van der Waals surface area contributed by atoms with Gasteiger partial charge >= 0.3 is 0 Å². The summed E-state index contributed by atoms with van der Waals surface area (Å²) in [6.45, 7) is 2.54. The van der Waals surface area contributed by atoms with Crippen LogP contribution in [0.4, 0.5) is 0 Å². The van der Waals surface area contributed by atoms with Crippen molar-refractivity contribution in [2.45, 2.75) is 13.3 Å². The number of nitrogens with two attached hydrogens (primary N) is 2. The topological polar surface area (TPSA) is 103 Å². The zero-order valence-electron chi connectivity index (χ0n) is 10.8. The minimum absolute atomic E-state index is 0.322. The van der Waals surface area contributed by atoms with Gasteiger partial charge in [-0.25, -0.2) is 4.98 Å². The van der Waals surface area contributed by atoms with Gasteiger partial charge in [0.2, 0.25) is 0 Å². The van der Waals surface area contributed by atoms with E-state index in [-0.39, 0.29) is 0 Å². The molecule has 108 valence electrons. The van der Waals surface area contributed by atoms with Crippen LogP contribution in [0.2, 0.25) is 0 Å². The van der Waals surface area contributed by atoms with E-state index in [2.05, 4.69) is 10.1 Å². The van der Waals surface area contributed by atoms with Crippen molar-refractivity contribution in [3.05, 3.63) is 23.2 Å². The summed E-state index contributed by atoms with van der Waals surface area (Å²) < 4.78 is 17.7. The maximum atomic E-state index is 11.2. The largest absolute Gasteiger partial charge is 0.494 e. The number of benzene rings is 1. The van der Waals surface area contributed by atoms with Crippen LogP contribution in [0.15, 0.2) is 18.2 Å². The van der Waals surface area contributed by atoms with Crippen molar-refractivity contribution < 1.29 is 9.30 Å². The minimum Gasteiger partial charge on any atom is -0.494 e. The number of hydrogen-bond donors (Lipinski definition) is 3. The Bertz CT molecular complexity index is 682. The lowest BCUT2D eigenvalue weighted by molar-refractivity contribution is 0.340. The summed E-state index contributed by atoms with van der Waals surface area (Å²) in [5.74, 6) is 0.783. The standard InChI is InChI=1S/C11H15N4O2PS2/c1-2-17-7-3-4-9-8(5-7)14-11(20-9)6-10(19)15-18(12,13)16/h3-5H,2,6H2,1H3,(H5,12,13,15,16,19). The molecule has 0 aliphatic heterocycles. The fraction of sp³-hybridized carbons (Fsp3) is 0.273. The highest BCUT2D eigenvalue weighted by molar-refractivity contribution is 7.81. The Morgan fingerprint density at radius 1 is 1.55 bits per heavy atom. The van der Waals surface area contributed by atoms with E-state index >= 15 is 0 Å². The number of nitrogens with zero attached hydrogens (tertiary/aromatic N) is 1. The van der Waals surface area contributed by atoms with E-state index in [0.717, 1.165) is 21.0 Å². The lowest BCUT2D eigenvalue weighted by Crippen LogP contribution is -2.28. The molecule has 2 aromatic rings. The van der Waals surface area contributed by atoms with Crippen molar-refractivity contribution >= 4 is 46.4 Å². The first kappa shape index (κ1) is 15.3. The van der Waals surface area contributed by atoms with Crippen LogP contribution in [-0.4, -0.2) is 16.6 Å². The smallest absolute Gasteiger partial charge is 0.298 e. The zero-order valence-corrected chi connectivity index (χ0v) is 13.4. The summed E-state index contributed by atoms with van der Waals surface area (Å²) in [6, 6.07) is 5.74. The van der Waals surface area contributed by atoms with E-state index in [4.69, 9.17) is 28.0 Å². The summed E-state index contributed by atoms with van der Waals surface area (Å²) in [5.41, 5.74) is 11.3. The first-order valence-electron chi connectivity index (χ1n) is 5.88. The van der Waals surface area contributed by atoms with Crippen molar-refractivity contribution in [1.82, 2.24) is 10.1 Å². The highest BCUT2D eigenvalue weighted by atomic mass is 32.1. The molecule has 0 radical (unpaired) electrons. The molecule has 0 bridgehead atoms. The van der Waals surface area contributed by atoms with Gasteiger partial charge in [-0.2, -0.15) is 0 Å². The lowest BCUT2D eigenvalue weighted by atomic mass is 10.3. The Morgan fingerprint density at radius 2 is 2.30 bits per heavy atom. The number of fused-ring (bicyclic) bond motifs is 1. The summed E-state index contributed by atoms with van der Waals surface area (Å²) in [4.78, 5) is 4.79. The van der Waals surface area contributed by atoms with Crippen LogP contribution in [0.3, 0.4) is 0 Å². The summed E-state index contributed by atoms with van der Waals surface area (Å²) >= 11 is 6.57. The van der Waals surface area contributed by atoms with Crippen LogP contribution < -0.4 is 20.8 Å². The third-order valence-electron chi connectivity index (χ3n) is 2.33. The number of thiocarbonyl (C=S) groups is 1. The Balaban J connectivity index is 2.15. The molecular formula is C11H15N4O2PS2.